The first kappa shape index (κ1) is 30.7. The first-order chi connectivity index (χ1) is 17.6. The fourth-order valence-corrected chi connectivity index (χ4v) is 4.35. The number of rotatable bonds is 18. The Bertz CT molecular complexity index is 1110. The Kier molecular flexibility index (Phi) is 13.0. The number of hydrogen-bond donors (Lipinski definition) is 4. The maximum atomic E-state index is 12.7. The number of aryl methyl sites for hydroxylation is 1. The van der Waals surface area contributed by atoms with Crippen LogP contribution in [-0.2, 0) is 42.3 Å². The molecule has 13 heteroatoms. The second-order valence-corrected chi connectivity index (χ2v) is 10.1. The third-order valence-electron chi connectivity index (χ3n) is 5.53. The van der Waals surface area contributed by atoms with Crippen LogP contribution in [0.1, 0.15) is 25.5 Å². The molecule has 0 aliphatic heterocycles. The molecule has 2 rings (SSSR count). The molecular formula is C24H39N5O7S. The van der Waals surface area contributed by atoms with Crippen molar-refractivity contribution in [1.82, 2.24) is 25.6 Å². The zero-order valence-electron chi connectivity index (χ0n) is 21.7. The van der Waals surface area contributed by atoms with E-state index in [0.29, 0.717) is 32.9 Å². The summed E-state index contributed by atoms with van der Waals surface area (Å²) in [5.41, 5.74) is 4.99. The molecule has 0 aliphatic rings. The summed E-state index contributed by atoms with van der Waals surface area (Å²) in [7, 11) is -0.797. The summed E-state index contributed by atoms with van der Waals surface area (Å²) in [6.07, 6.45) is 0.916. The molecule has 0 unspecified atom stereocenters. The van der Waals surface area contributed by atoms with E-state index >= 15 is 0 Å². The van der Waals surface area contributed by atoms with Gasteiger partial charge in [-0.3, -0.25) is 19.6 Å². The smallest absolute Gasteiger partial charge is 0.267 e. The van der Waals surface area contributed by atoms with Gasteiger partial charge < -0.3 is 24.7 Å². The van der Waals surface area contributed by atoms with Gasteiger partial charge in [0.15, 0.2) is 0 Å². The first-order valence-electron chi connectivity index (χ1n) is 12.3. The summed E-state index contributed by atoms with van der Waals surface area (Å²) in [6.45, 7) is 4.66. The number of ether oxygens (including phenoxy) is 2. The van der Waals surface area contributed by atoms with E-state index in [-0.39, 0.29) is 19.6 Å². The van der Waals surface area contributed by atoms with Crippen molar-refractivity contribution in [2.24, 2.45) is 0 Å². The third kappa shape index (κ3) is 11.2. The average molecular weight is 542 g/mol. The highest BCUT2D eigenvalue weighted by atomic mass is 32.2. The molecule has 37 heavy (non-hydrogen) atoms. The molecule has 0 bridgehead atoms. The molecule has 4 N–H and O–H groups in total. The second kappa shape index (κ2) is 15.6. The van der Waals surface area contributed by atoms with Crippen molar-refractivity contribution in [2.75, 3.05) is 52.8 Å². The van der Waals surface area contributed by atoms with Crippen LogP contribution in [0.4, 0.5) is 0 Å². The molecule has 1 heterocycles. The predicted octanol–water partition coefficient (Wildman–Crippen LogP) is 0.530. The van der Waals surface area contributed by atoms with E-state index in [2.05, 4.69) is 16.1 Å². The molecule has 1 aromatic heterocycles. The van der Waals surface area contributed by atoms with Gasteiger partial charge in [0.05, 0.1) is 26.4 Å². The van der Waals surface area contributed by atoms with Gasteiger partial charge >= 0.3 is 0 Å². The molecule has 2 aromatic rings. The Morgan fingerprint density at radius 1 is 1.14 bits per heavy atom. The second-order valence-electron chi connectivity index (χ2n) is 8.56. The molecule has 12 nitrogen and oxygen atoms in total. The lowest BCUT2D eigenvalue weighted by Crippen LogP contribution is -2.51. The molecule has 0 fully saturated rings. The number of hydrogen-bond acceptors (Lipinski definition) is 8. The van der Waals surface area contributed by atoms with E-state index in [1.807, 2.05) is 60.9 Å². The Morgan fingerprint density at radius 2 is 1.84 bits per heavy atom. The molecule has 2 amide bonds. The number of nitrogens with one attached hydrogen (secondary N) is 3. The highest BCUT2D eigenvalue weighted by Crippen LogP contribution is 2.21. The Hall–Kier alpha value is -2.55. The lowest BCUT2D eigenvalue weighted by atomic mass is 10.2. The summed E-state index contributed by atoms with van der Waals surface area (Å²) in [5, 5.41) is 7.91. The van der Waals surface area contributed by atoms with Gasteiger partial charge in [-0.25, -0.2) is 5.01 Å². The molecule has 0 aliphatic carbocycles. The van der Waals surface area contributed by atoms with Gasteiger partial charge in [-0.05, 0) is 31.0 Å². The fourth-order valence-electron chi connectivity index (χ4n) is 3.69. The number of benzene rings is 1. The largest absolute Gasteiger partial charge is 0.379 e. The number of carbonyl (C=O) groups excluding carboxylic acids is 2. The highest BCUT2D eigenvalue weighted by molar-refractivity contribution is 7.85. The zero-order chi connectivity index (χ0) is 27.3. The molecule has 0 radical (unpaired) electrons. The van der Waals surface area contributed by atoms with Crippen LogP contribution in [0.15, 0.2) is 30.3 Å². The maximum Gasteiger partial charge on any atom is 0.267 e. The van der Waals surface area contributed by atoms with E-state index < -0.39 is 33.7 Å². The van der Waals surface area contributed by atoms with Crippen LogP contribution < -0.4 is 16.1 Å². The Morgan fingerprint density at radius 3 is 2.51 bits per heavy atom. The van der Waals surface area contributed by atoms with E-state index in [1.54, 1.807) is 0 Å². The van der Waals surface area contributed by atoms with Crippen LogP contribution in [0, 0.1) is 0 Å². The standard InChI is InChI=1S/C24H39N5O7S/c1-4-12-35-14-15-36-13-10-26-24(31)21(18-37(32,33)34)27-23(30)9-11-29-20(17-28(3)25-2)16-19-7-5-6-8-22(19)29/h5-8,16,21,25H,4,9-15,17-18H2,1-3H3,(H,26,31)(H,27,30)(H,32,33,34)/t21-/m0/s1. The van der Waals surface area contributed by atoms with Crippen LogP contribution in [0.5, 0.6) is 0 Å². The van der Waals surface area contributed by atoms with E-state index in [9.17, 15) is 22.6 Å². The van der Waals surface area contributed by atoms with Crippen molar-refractivity contribution in [1.29, 1.82) is 0 Å². The number of hydrazine groups is 1. The minimum atomic E-state index is -4.51. The molecule has 0 saturated heterocycles. The fraction of sp³-hybridized carbons (Fsp3) is 0.583. The summed E-state index contributed by atoms with van der Waals surface area (Å²) < 4.78 is 44.9. The topological polar surface area (TPSA) is 151 Å². The van der Waals surface area contributed by atoms with Gasteiger partial charge in [0.2, 0.25) is 11.8 Å². The minimum absolute atomic E-state index is 0.00503. The predicted molar refractivity (Wildman–Crippen MR) is 140 cm³/mol. The third-order valence-corrected chi connectivity index (χ3v) is 6.29. The highest BCUT2D eigenvalue weighted by Gasteiger charge is 2.26. The van der Waals surface area contributed by atoms with Gasteiger partial charge in [0.25, 0.3) is 10.1 Å². The Labute approximate surface area is 218 Å². The molecular weight excluding hydrogens is 502 g/mol. The maximum absolute atomic E-state index is 12.7. The number of para-hydroxylation sites is 1. The SMILES string of the molecule is CCCOCCOCCNC(=O)[C@H](CS(=O)(=O)O)NC(=O)CCn1c(CN(C)NC)cc2ccccc21. The molecule has 208 valence electrons. The first-order valence-corrected chi connectivity index (χ1v) is 13.9. The Balaban J connectivity index is 1.95. The van der Waals surface area contributed by atoms with Gasteiger partial charge in [-0.1, -0.05) is 25.1 Å². The summed E-state index contributed by atoms with van der Waals surface area (Å²) in [5.74, 6) is -2.17. The van der Waals surface area contributed by atoms with Crippen LogP contribution in [-0.4, -0.2) is 93.2 Å². The molecule has 0 spiro atoms. The number of carbonyl (C=O) groups is 2. The zero-order valence-corrected chi connectivity index (χ0v) is 22.6. The van der Waals surface area contributed by atoms with Crippen molar-refractivity contribution in [3.05, 3.63) is 36.0 Å². The summed E-state index contributed by atoms with van der Waals surface area (Å²) >= 11 is 0. The van der Waals surface area contributed by atoms with Crippen LogP contribution >= 0.6 is 0 Å². The average Bonchev–Trinajstić information content (AvgIpc) is 3.19. The van der Waals surface area contributed by atoms with Gasteiger partial charge in [-0.2, -0.15) is 8.42 Å². The van der Waals surface area contributed by atoms with E-state index in [1.165, 1.54) is 0 Å². The lowest BCUT2D eigenvalue weighted by molar-refractivity contribution is -0.128. The minimum Gasteiger partial charge on any atom is -0.379 e. The van der Waals surface area contributed by atoms with Crippen molar-refractivity contribution in [3.63, 3.8) is 0 Å². The number of fused-ring (bicyclic) bond motifs is 1. The van der Waals surface area contributed by atoms with Crippen LogP contribution in [0.3, 0.4) is 0 Å². The van der Waals surface area contributed by atoms with Crippen LogP contribution in [0.25, 0.3) is 10.9 Å². The lowest BCUT2D eigenvalue weighted by Gasteiger charge is -2.19. The van der Waals surface area contributed by atoms with Crippen molar-refractivity contribution >= 4 is 32.8 Å². The van der Waals surface area contributed by atoms with E-state index in [4.69, 9.17) is 9.47 Å². The van der Waals surface area contributed by atoms with Crippen molar-refractivity contribution in [3.8, 4) is 0 Å². The monoisotopic (exact) mass is 541 g/mol. The quantitative estimate of drug-likeness (QED) is 0.120. The van der Waals surface area contributed by atoms with Crippen molar-refractivity contribution < 1.29 is 32.0 Å². The number of aromatic nitrogens is 1. The molecule has 0 saturated carbocycles. The van der Waals surface area contributed by atoms with Crippen LogP contribution in [0.2, 0.25) is 0 Å². The molecule has 1 atom stereocenters. The van der Waals surface area contributed by atoms with Crippen molar-refractivity contribution in [2.45, 2.75) is 38.9 Å². The van der Waals surface area contributed by atoms with E-state index in [0.717, 1.165) is 23.0 Å². The normalized spacial score (nSPS) is 12.7. The van der Waals surface area contributed by atoms with Gasteiger partial charge in [-0.15, -0.1) is 0 Å². The van der Waals surface area contributed by atoms with Gasteiger partial charge in [0.1, 0.15) is 11.8 Å². The number of amides is 2. The molecule has 1 aromatic carbocycles. The summed E-state index contributed by atoms with van der Waals surface area (Å²) in [4.78, 5) is 25.3. The number of nitrogens with zero attached hydrogens (tertiary/aromatic N) is 2. The summed E-state index contributed by atoms with van der Waals surface area (Å²) in [6, 6.07) is 8.42. The van der Waals surface area contributed by atoms with Gasteiger partial charge in [0, 0.05) is 44.4 Å².